The average Bonchev–Trinajstić information content (AvgIpc) is 3.61. The first kappa shape index (κ1) is 23.3. The molecule has 4 nitrogen and oxygen atoms in total. The predicted molar refractivity (Wildman–Crippen MR) is 175 cm³/mol. The zero-order chi connectivity index (χ0) is 27.6. The zero-order valence-corrected chi connectivity index (χ0v) is 23.2. The van der Waals surface area contributed by atoms with Gasteiger partial charge in [-0.2, -0.15) is 9.97 Å². The SMILES string of the molecule is c1ccc(-c2nc(-c3ccccc3)nc(-n3c4ccc5ccccc5c4c4ccc5c6ccccc6sc5c43)n2)cc1. The Morgan fingerprint density at radius 3 is 1.83 bits per heavy atom. The van der Waals surface area contributed by atoms with Crippen LogP contribution in [0.15, 0.2) is 133 Å². The number of hydrogen-bond donors (Lipinski definition) is 0. The third-order valence-electron chi connectivity index (χ3n) is 8.05. The van der Waals surface area contributed by atoms with Gasteiger partial charge in [0.1, 0.15) is 0 Å². The molecule has 0 spiro atoms. The van der Waals surface area contributed by atoms with E-state index in [0.29, 0.717) is 17.6 Å². The van der Waals surface area contributed by atoms with Crippen LogP contribution in [0, 0.1) is 0 Å². The van der Waals surface area contributed by atoms with E-state index in [0.717, 1.165) is 22.2 Å². The van der Waals surface area contributed by atoms with Crippen molar-refractivity contribution in [3.8, 4) is 28.7 Å². The van der Waals surface area contributed by atoms with Crippen LogP contribution in [0.2, 0.25) is 0 Å². The molecule has 9 rings (SSSR count). The summed E-state index contributed by atoms with van der Waals surface area (Å²) in [6.07, 6.45) is 0. The average molecular weight is 555 g/mol. The van der Waals surface area contributed by atoms with E-state index in [2.05, 4.69) is 102 Å². The lowest BCUT2D eigenvalue weighted by molar-refractivity contribution is 0.955. The van der Waals surface area contributed by atoms with E-state index in [1.54, 1.807) is 0 Å². The number of aromatic nitrogens is 4. The lowest BCUT2D eigenvalue weighted by atomic mass is 10.0. The highest BCUT2D eigenvalue weighted by Crippen LogP contribution is 2.44. The van der Waals surface area contributed by atoms with E-state index in [1.807, 2.05) is 47.7 Å². The van der Waals surface area contributed by atoms with Crippen LogP contribution in [0.25, 0.3) is 81.5 Å². The molecule has 0 aliphatic rings. The number of benzene rings is 6. The Kier molecular flexibility index (Phi) is 5.03. The molecule has 42 heavy (non-hydrogen) atoms. The van der Waals surface area contributed by atoms with Crippen LogP contribution >= 0.6 is 11.3 Å². The molecule has 3 aromatic heterocycles. The smallest absolute Gasteiger partial charge is 0.238 e. The van der Waals surface area contributed by atoms with Crippen molar-refractivity contribution in [1.29, 1.82) is 0 Å². The summed E-state index contributed by atoms with van der Waals surface area (Å²) in [6, 6.07) is 46.6. The Hall–Kier alpha value is -5.39. The number of rotatable bonds is 3. The van der Waals surface area contributed by atoms with Crippen molar-refractivity contribution in [2.24, 2.45) is 0 Å². The van der Waals surface area contributed by atoms with Gasteiger partial charge >= 0.3 is 0 Å². The summed E-state index contributed by atoms with van der Waals surface area (Å²) >= 11 is 1.83. The third-order valence-corrected chi connectivity index (χ3v) is 9.24. The normalized spacial score (nSPS) is 11.8. The molecule has 3 heterocycles. The number of hydrogen-bond acceptors (Lipinski definition) is 4. The second kappa shape index (κ2) is 9.06. The highest BCUT2D eigenvalue weighted by Gasteiger charge is 2.22. The van der Waals surface area contributed by atoms with Crippen molar-refractivity contribution in [3.05, 3.63) is 133 Å². The van der Waals surface area contributed by atoms with Crippen LogP contribution in [-0.4, -0.2) is 19.5 Å². The second-order valence-electron chi connectivity index (χ2n) is 10.5. The highest BCUT2D eigenvalue weighted by molar-refractivity contribution is 7.26. The van der Waals surface area contributed by atoms with Gasteiger partial charge in [0.2, 0.25) is 5.95 Å². The van der Waals surface area contributed by atoms with Gasteiger partial charge < -0.3 is 0 Å². The fraction of sp³-hybridized carbons (Fsp3) is 0. The molecule has 6 aromatic carbocycles. The minimum Gasteiger partial charge on any atom is -0.276 e. The highest BCUT2D eigenvalue weighted by atomic mass is 32.1. The Bertz CT molecular complexity index is 2400. The Morgan fingerprint density at radius 2 is 1.10 bits per heavy atom. The molecule has 0 atom stereocenters. The summed E-state index contributed by atoms with van der Waals surface area (Å²) in [4.78, 5) is 15.3. The summed E-state index contributed by atoms with van der Waals surface area (Å²) in [5.41, 5.74) is 4.12. The summed E-state index contributed by atoms with van der Waals surface area (Å²) < 4.78 is 4.76. The minimum atomic E-state index is 0.614. The first-order valence-corrected chi connectivity index (χ1v) is 14.8. The maximum atomic E-state index is 5.16. The summed E-state index contributed by atoms with van der Waals surface area (Å²) in [5.74, 6) is 1.92. The van der Waals surface area contributed by atoms with Crippen LogP contribution in [-0.2, 0) is 0 Å². The molecule has 0 amide bonds. The van der Waals surface area contributed by atoms with Gasteiger partial charge in [-0.1, -0.05) is 121 Å². The van der Waals surface area contributed by atoms with Gasteiger partial charge in [-0.3, -0.25) is 4.57 Å². The third kappa shape index (κ3) is 3.44. The van der Waals surface area contributed by atoms with Gasteiger partial charge in [0.25, 0.3) is 0 Å². The largest absolute Gasteiger partial charge is 0.276 e. The molecule has 0 aliphatic carbocycles. The molecule has 0 radical (unpaired) electrons. The van der Waals surface area contributed by atoms with Crippen molar-refractivity contribution in [1.82, 2.24) is 19.5 Å². The van der Waals surface area contributed by atoms with Crippen LogP contribution in [0.3, 0.4) is 0 Å². The Labute approximate surface area is 245 Å². The first-order chi connectivity index (χ1) is 20.8. The molecule has 0 unspecified atom stereocenters. The van der Waals surface area contributed by atoms with Crippen molar-refractivity contribution in [3.63, 3.8) is 0 Å². The minimum absolute atomic E-state index is 0.614. The van der Waals surface area contributed by atoms with Crippen LogP contribution in [0.4, 0.5) is 0 Å². The van der Waals surface area contributed by atoms with Gasteiger partial charge in [-0.05, 0) is 22.9 Å². The van der Waals surface area contributed by atoms with Crippen molar-refractivity contribution < 1.29 is 0 Å². The summed E-state index contributed by atoms with van der Waals surface area (Å²) in [6.45, 7) is 0. The zero-order valence-electron chi connectivity index (χ0n) is 22.4. The molecule has 0 N–H and O–H groups in total. The fourth-order valence-electron chi connectivity index (χ4n) is 6.15. The van der Waals surface area contributed by atoms with Crippen molar-refractivity contribution in [2.45, 2.75) is 0 Å². The molecule has 0 saturated carbocycles. The maximum absolute atomic E-state index is 5.16. The van der Waals surface area contributed by atoms with E-state index in [1.165, 1.54) is 41.7 Å². The monoisotopic (exact) mass is 554 g/mol. The first-order valence-electron chi connectivity index (χ1n) is 14.0. The van der Waals surface area contributed by atoms with E-state index >= 15 is 0 Å². The molecule has 0 aliphatic heterocycles. The molecular formula is C37H22N4S. The topological polar surface area (TPSA) is 43.6 Å². The van der Waals surface area contributed by atoms with Gasteiger partial charge in [0.05, 0.1) is 15.7 Å². The molecule has 0 saturated heterocycles. The molecule has 9 aromatic rings. The van der Waals surface area contributed by atoms with E-state index < -0.39 is 0 Å². The molecule has 196 valence electrons. The van der Waals surface area contributed by atoms with E-state index in [4.69, 9.17) is 15.0 Å². The fourth-order valence-corrected chi connectivity index (χ4v) is 7.39. The van der Waals surface area contributed by atoms with E-state index in [-0.39, 0.29) is 0 Å². The Morgan fingerprint density at radius 1 is 0.476 bits per heavy atom. The van der Waals surface area contributed by atoms with Crippen LogP contribution in [0.5, 0.6) is 0 Å². The van der Waals surface area contributed by atoms with Crippen molar-refractivity contribution in [2.75, 3.05) is 0 Å². The summed E-state index contributed by atoms with van der Waals surface area (Å²) in [5, 5.41) is 7.36. The van der Waals surface area contributed by atoms with Gasteiger partial charge in [0, 0.05) is 37.4 Å². The number of thiophene rings is 1. The molecular weight excluding hydrogens is 533 g/mol. The van der Waals surface area contributed by atoms with Gasteiger partial charge in [0.15, 0.2) is 11.6 Å². The maximum Gasteiger partial charge on any atom is 0.238 e. The second-order valence-corrected chi connectivity index (χ2v) is 11.5. The standard InChI is InChI=1S/C37H22N4S/c1-3-12-24(13-4-1)35-38-36(25-14-5-2-6-15-25)40-37(39-35)41-30-22-19-23-11-7-8-16-26(23)32(30)29-21-20-28-27-17-9-10-18-31(27)42-34(28)33(29)41/h1-22H. The van der Waals surface area contributed by atoms with Crippen LogP contribution < -0.4 is 0 Å². The lowest BCUT2D eigenvalue weighted by Gasteiger charge is -2.11. The van der Waals surface area contributed by atoms with Gasteiger partial charge in [-0.25, -0.2) is 4.98 Å². The van der Waals surface area contributed by atoms with E-state index in [9.17, 15) is 0 Å². The Balaban J connectivity index is 1.48. The number of nitrogens with zero attached hydrogens (tertiary/aromatic N) is 4. The lowest BCUT2D eigenvalue weighted by Crippen LogP contribution is -2.06. The molecule has 5 heteroatoms. The van der Waals surface area contributed by atoms with Gasteiger partial charge in [-0.15, -0.1) is 11.3 Å². The molecule has 0 fully saturated rings. The van der Waals surface area contributed by atoms with Crippen molar-refractivity contribution >= 4 is 64.1 Å². The van der Waals surface area contributed by atoms with Crippen LogP contribution in [0.1, 0.15) is 0 Å². The predicted octanol–water partition coefficient (Wildman–Crippen LogP) is 9.82. The summed E-state index contributed by atoms with van der Waals surface area (Å²) in [7, 11) is 0. The number of fused-ring (bicyclic) bond motifs is 9. The quantitative estimate of drug-likeness (QED) is 0.218. The molecule has 0 bridgehead atoms.